The number of nitrogens with zero attached hydrogens (tertiary/aromatic N) is 1. The summed E-state index contributed by atoms with van der Waals surface area (Å²) in [5.41, 5.74) is 6.98. The summed E-state index contributed by atoms with van der Waals surface area (Å²) in [6, 6.07) is 0. The summed E-state index contributed by atoms with van der Waals surface area (Å²) < 4.78 is 5.01. The zero-order chi connectivity index (χ0) is 12.7. The van der Waals surface area contributed by atoms with Crippen LogP contribution in [0.5, 0.6) is 11.6 Å². The number of H-pyrrole nitrogens is 1. The molecule has 2 rings (SSSR count). The Kier molecular flexibility index (Phi) is 3.07. The van der Waals surface area contributed by atoms with E-state index in [1.165, 1.54) is 7.11 Å². The first-order valence-electron chi connectivity index (χ1n) is 4.35. The molecule has 3 N–H and O–H groups in total. The number of rotatable bonds is 2. The standard InChI is InChI=1S/C9H6Cl3N3O2/c1-17-7-5(11)3-2(4(10)6(7)12)8(15-13)14-9(3)16/h13-14,16H,1H3. The first kappa shape index (κ1) is 12.3. The van der Waals surface area contributed by atoms with Gasteiger partial charge in [-0.25, -0.2) is 5.53 Å². The molecule has 0 aliphatic carbocycles. The average Bonchev–Trinajstić information content (AvgIpc) is 2.64. The average molecular weight is 295 g/mol. The van der Waals surface area contributed by atoms with Gasteiger partial charge in [0.05, 0.1) is 27.9 Å². The quantitative estimate of drug-likeness (QED) is 0.563. The number of benzene rings is 1. The van der Waals surface area contributed by atoms with Gasteiger partial charge in [-0.2, -0.15) is 0 Å². The molecular weight excluding hydrogens is 288 g/mol. The molecule has 0 saturated heterocycles. The van der Waals surface area contributed by atoms with Gasteiger partial charge >= 0.3 is 0 Å². The highest BCUT2D eigenvalue weighted by Gasteiger charge is 2.23. The molecule has 0 spiro atoms. The number of hydrogen-bond acceptors (Lipinski definition) is 4. The van der Waals surface area contributed by atoms with Gasteiger partial charge in [-0.3, -0.25) is 0 Å². The van der Waals surface area contributed by atoms with Crippen molar-refractivity contribution >= 4 is 51.4 Å². The molecule has 0 amide bonds. The summed E-state index contributed by atoms with van der Waals surface area (Å²) in [6.07, 6.45) is 0. The molecule has 0 aliphatic heterocycles. The van der Waals surface area contributed by atoms with Crippen molar-refractivity contribution in [2.24, 2.45) is 5.11 Å². The molecule has 0 radical (unpaired) electrons. The van der Waals surface area contributed by atoms with Crippen LogP contribution in [0.3, 0.4) is 0 Å². The van der Waals surface area contributed by atoms with Gasteiger partial charge in [-0.1, -0.05) is 34.8 Å². The van der Waals surface area contributed by atoms with E-state index in [9.17, 15) is 5.11 Å². The molecule has 0 fully saturated rings. The Morgan fingerprint density at radius 3 is 2.35 bits per heavy atom. The fourth-order valence-electron chi connectivity index (χ4n) is 1.58. The maximum absolute atomic E-state index is 9.70. The lowest BCUT2D eigenvalue weighted by atomic mass is 10.2. The molecule has 90 valence electrons. The number of methoxy groups -OCH3 is 1. The van der Waals surface area contributed by atoms with E-state index in [1.54, 1.807) is 0 Å². The third kappa shape index (κ3) is 1.62. The third-order valence-electron chi connectivity index (χ3n) is 2.31. The van der Waals surface area contributed by atoms with E-state index < -0.39 is 0 Å². The molecule has 1 aromatic carbocycles. The van der Waals surface area contributed by atoms with Crippen LogP contribution >= 0.6 is 34.8 Å². The van der Waals surface area contributed by atoms with E-state index in [1.807, 2.05) is 0 Å². The number of ether oxygens (including phenoxy) is 1. The molecular formula is C9H6Cl3N3O2. The normalized spacial score (nSPS) is 10.8. The maximum Gasteiger partial charge on any atom is 0.199 e. The lowest BCUT2D eigenvalue weighted by Gasteiger charge is -2.09. The molecule has 8 heteroatoms. The molecule has 1 heterocycles. The minimum absolute atomic E-state index is 0.0777. The van der Waals surface area contributed by atoms with Crippen molar-refractivity contribution in [1.29, 1.82) is 5.53 Å². The van der Waals surface area contributed by atoms with Crippen LogP contribution < -0.4 is 4.74 Å². The van der Waals surface area contributed by atoms with Crippen LogP contribution in [-0.4, -0.2) is 17.2 Å². The fraction of sp³-hybridized carbons (Fsp3) is 0.111. The van der Waals surface area contributed by atoms with Crippen molar-refractivity contribution in [2.75, 3.05) is 7.11 Å². The van der Waals surface area contributed by atoms with Crippen molar-refractivity contribution in [2.45, 2.75) is 0 Å². The second-order valence-electron chi connectivity index (χ2n) is 3.16. The van der Waals surface area contributed by atoms with Gasteiger partial charge in [-0.15, -0.1) is 5.11 Å². The lowest BCUT2D eigenvalue weighted by molar-refractivity contribution is 0.415. The van der Waals surface area contributed by atoms with Crippen molar-refractivity contribution < 1.29 is 9.84 Å². The monoisotopic (exact) mass is 293 g/mol. The van der Waals surface area contributed by atoms with Crippen molar-refractivity contribution in [3.8, 4) is 11.6 Å². The zero-order valence-corrected chi connectivity index (χ0v) is 10.7. The highest BCUT2D eigenvalue weighted by molar-refractivity contribution is 6.50. The van der Waals surface area contributed by atoms with Gasteiger partial charge in [0.1, 0.15) is 5.02 Å². The number of halogens is 3. The van der Waals surface area contributed by atoms with E-state index in [-0.39, 0.29) is 43.3 Å². The van der Waals surface area contributed by atoms with Crippen molar-refractivity contribution in [3.05, 3.63) is 15.1 Å². The second kappa shape index (κ2) is 4.25. The minimum Gasteiger partial charge on any atom is -0.494 e. The van der Waals surface area contributed by atoms with E-state index in [4.69, 9.17) is 45.1 Å². The van der Waals surface area contributed by atoms with Crippen molar-refractivity contribution in [3.63, 3.8) is 0 Å². The summed E-state index contributed by atoms with van der Waals surface area (Å²) in [5.74, 6) is -0.00140. The highest BCUT2D eigenvalue weighted by atomic mass is 35.5. The van der Waals surface area contributed by atoms with Crippen LogP contribution in [0, 0.1) is 5.53 Å². The highest BCUT2D eigenvalue weighted by Crippen LogP contribution is 2.50. The van der Waals surface area contributed by atoms with E-state index in [0.717, 1.165) is 0 Å². The van der Waals surface area contributed by atoms with Gasteiger partial charge in [-0.05, 0) is 0 Å². The van der Waals surface area contributed by atoms with Gasteiger partial charge in [0, 0.05) is 0 Å². The van der Waals surface area contributed by atoms with Crippen LogP contribution in [0.1, 0.15) is 0 Å². The predicted molar refractivity (Wildman–Crippen MR) is 66.4 cm³/mol. The molecule has 2 aromatic rings. The molecule has 1 aromatic heterocycles. The molecule has 0 unspecified atom stereocenters. The zero-order valence-electron chi connectivity index (χ0n) is 8.44. The van der Waals surface area contributed by atoms with Crippen LogP contribution in [0.2, 0.25) is 15.1 Å². The van der Waals surface area contributed by atoms with Crippen LogP contribution in [0.15, 0.2) is 5.11 Å². The summed E-state index contributed by atoms with van der Waals surface area (Å²) in [4.78, 5) is 2.48. The summed E-state index contributed by atoms with van der Waals surface area (Å²) >= 11 is 18.1. The predicted octanol–water partition coefficient (Wildman–Crippen LogP) is 4.50. The first-order valence-corrected chi connectivity index (χ1v) is 5.48. The Hall–Kier alpha value is -1.17. The Balaban J connectivity index is 3.05. The summed E-state index contributed by atoms with van der Waals surface area (Å²) in [5, 5.41) is 13.8. The number of nitrogens with one attached hydrogen (secondary N) is 2. The number of hydrogen-bond donors (Lipinski definition) is 3. The Labute approximate surface area is 111 Å². The summed E-state index contributed by atoms with van der Waals surface area (Å²) in [6.45, 7) is 0. The topological polar surface area (TPSA) is 81.5 Å². The largest absolute Gasteiger partial charge is 0.494 e. The fourth-order valence-corrected chi connectivity index (χ4v) is 2.52. The number of aromatic hydroxyl groups is 1. The van der Waals surface area contributed by atoms with Gasteiger partial charge in [0.15, 0.2) is 17.4 Å². The van der Waals surface area contributed by atoms with Crippen molar-refractivity contribution in [1.82, 2.24) is 4.98 Å². The molecule has 0 bridgehead atoms. The van der Waals surface area contributed by atoms with Crippen LogP contribution in [0.4, 0.5) is 5.82 Å². The second-order valence-corrected chi connectivity index (χ2v) is 4.29. The summed E-state index contributed by atoms with van der Waals surface area (Å²) in [7, 11) is 1.38. The van der Waals surface area contributed by atoms with E-state index in [0.29, 0.717) is 0 Å². The Morgan fingerprint density at radius 2 is 1.82 bits per heavy atom. The first-order chi connectivity index (χ1) is 8.02. The molecule has 5 nitrogen and oxygen atoms in total. The van der Waals surface area contributed by atoms with Gasteiger partial charge < -0.3 is 14.8 Å². The van der Waals surface area contributed by atoms with Crippen LogP contribution in [0.25, 0.3) is 10.8 Å². The number of aromatic amines is 1. The van der Waals surface area contributed by atoms with Gasteiger partial charge in [0.2, 0.25) is 0 Å². The maximum atomic E-state index is 9.70. The van der Waals surface area contributed by atoms with Gasteiger partial charge in [0.25, 0.3) is 0 Å². The molecule has 0 aliphatic rings. The Bertz CT molecular complexity index is 624. The molecule has 17 heavy (non-hydrogen) atoms. The molecule has 0 saturated carbocycles. The number of fused-ring (bicyclic) bond motifs is 1. The van der Waals surface area contributed by atoms with Crippen LogP contribution in [-0.2, 0) is 0 Å². The SMILES string of the molecule is COc1c(Cl)c(Cl)c2c(N=N)[nH]c(O)c2c1Cl. The smallest absolute Gasteiger partial charge is 0.199 e. The lowest BCUT2D eigenvalue weighted by Crippen LogP contribution is -1.87. The Morgan fingerprint density at radius 1 is 1.18 bits per heavy atom. The number of aromatic nitrogens is 1. The van der Waals surface area contributed by atoms with E-state index in [2.05, 4.69) is 10.1 Å². The molecule has 0 atom stereocenters. The van der Waals surface area contributed by atoms with E-state index >= 15 is 0 Å². The minimum atomic E-state index is -0.243. The third-order valence-corrected chi connectivity index (χ3v) is 3.50.